The van der Waals surface area contributed by atoms with Gasteiger partial charge in [0.05, 0.1) is 10.2 Å². The number of nitrogens with zero attached hydrogens (tertiary/aromatic N) is 5. The van der Waals surface area contributed by atoms with Gasteiger partial charge in [-0.2, -0.15) is 0 Å². The van der Waals surface area contributed by atoms with Crippen molar-refractivity contribution in [3.05, 3.63) is 76.9 Å². The fraction of sp³-hybridized carbons (Fsp3) is 0.217. The summed E-state index contributed by atoms with van der Waals surface area (Å²) in [7, 11) is 0. The van der Waals surface area contributed by atoms with Crippen LogP contribution in [0.4, 0.5) is 5.82 Å². The van der Waals surface area contributed by atoms with Gasteiger partial charge >= 0.3 is 0 Å². The molecule has 32 heavy (non-hydrogen) atoms. The maximum absolute atomic E-state index is 12.9. The zero-order chi connectivity index (χ0) is 21.9. The van der Waals surface area contributed by atoms with E-state index < -0.39 is 0 Å². The second kappa shape index (κ2) is 9.44. The van der Waals surface area contributed by atoms with Crippen LogP contribution in [0, 0.1) is 0 Å². The van der Waals surface area contributed by atoms with Crippen molar-refractivity contribution in [1.82, 2.24) is 20.1 Å². The summed E-state index contributed by atoms with van der Waals surface area (Å²) in [6.07, 6.45) is 0. The molecule has 0 N–H and O–H groups in total. The normalized spacial score (nSPS) is 14.2. The third-order valence-corrected chi connectivity index (χ3v) is 7.80. The molecule has 0 atom stereocenters. The molecule has 0 unspecified atom stereocenters. The average molecular weight is 482 g/mol. The number of benzene rings is 2. The minimum atomic E-state index is 0.0669. The number of amides is 1. The van der Waals surface area contributed by atoms with Crippen LogP contribution in [-0.2, 0) is 5.75 Å². The molecule has 1 aliphatic rings. The molecule has 1 saturated heterocycles. The van der Waals surface area contributed by atoms with E-state index in [-0.39, 0.29) is 5.91 Å². The summed E-state index contributed by atoms with van der Waals surface area (Å²) >= 11 is 9.26. The Hall–Kier alpha value is -2.68. The van der Waals surface area contributed by atoms with Gasteiger partial charge in [-0.3, -0.25) is 4.79 Å². The number of para-hydroxylation sites is 1. The van der Waals surface area contributed by atoms with Crippen molar-refractivity contribution in [3.63, 3.8) is 0 Å². The number of aromatic nitrogens is 3. The van der Waals surface area contributed by atoms with Crippen LogP contribution in [0.2, 0.25) is 5.15 Å². The Bertz CT molecular complexity index is 1190. The van der Waals surface area contributed by atoms with Crippen molar-refractivity contribution in [2.24, 2.45) is 0 Å². The molecule has 9 heteroatoms. The van der Waals surface area contributed by atoms with Crippen LogP contribution in [0.5, 0.6) is 0 Å². The highest BCUT2D eigenvalue weighted by molar-refractivity contribution is 8.00. The number of rotatable bonds is 5. The summed E-state index contributed by atoms with van der Waals surface area (Å²) < 4.78 is 2.27. The Balaban J connectivity index is 1.16. The number of anilines is 1. The maximum Gasteiger partial charge on any atom is 0.253 e. The monoisotopic (exact) mass is 481 g/mol. The van der Waals surface area contributed by atoms with Crippen molar-refractivity contribution >= 4 is 56.6 Å². The number of hydrogen-bond donors (Lipinski definition) is 0. The summed E-state index contributed by atoms with van der Waals surface area (Å²) in [6.45, 7) is 2.74. The Kier molecular flexibility index (Phi) is 6.25. The largest absolute Gasteiger partial charge is 0.352 e. The number of carbonyl (C=O) groups excluding carboxylic acids is 1. The Morgan fingerprint density at radius 1 is 0.969 bits per heavy atom. The van der Waals surface area contributed by atoms with Gasteiger partial charge in [0.1, 0.15) is 0 Å². The highest BCUT2D eigenvalue weighted by Gasteiger charge is 2.23. The summed E-state index contributed by atoms with van der Waals surface area (Å²) in [5, 5.41) is 8.40. The summed E-state index contributed by atoms with van der Waals surface area (Å²) in [5.74, 6) is 1.68. The lowest BCUT2D eigenvalue weighted by Crippen LogP contribution is -2.49. The predicted molar refractivity (Wildman–Crippen MR) is 131 cm³/mol. The number of halogens is 1. The highest BCUT2D eigenvalue weighted by atomic mass is 35.5. The molecule has 6 nitrogen and oxygen atoms in total. The SMILES string of the molecule is O=C(c1ccc(CSc2nc3ccccc3s2)cc1)N1CCN(c2ccc(Cl)nn2)CC1. The van der Waals surface area contributed by atoms with Crippen molar-refractivity contribution in [1.29, 1.82) is 0 Å². The zero-order valence-electron chi connectivity index (χ0n) is 17.1. The molecule has 0 spiro atoms. The van der Waals surface area contributed by atoms with Crippen molar-refractivity contribution in [3.8, 4) is 0 Å². The molecule has 5 rings (SSSR count). The van der Waals surface area contributed by atoms with Crippen LogP contribution >= 0.6 is 34.7 Å². The van der Waals surface area contributed by atoms with Gasteiger partial charge in [-0.15, -0.1) is 21.5 Å². The first kappa shape index (κ1) is 21.2. The molecule has 0 saturated carbocycles. The minimum Gasteiger partial charge on any atom is -0.352 e. The molecule has 1 fully saturated rings. The molecule has 0 bridgehead atoms. The molecular weight excluding hydrogens is 462 g/mol. The van der Waals surface area contributed by atoms with Gasteiger partial charge < -0.3 is 9.80 Å². The third kappa shape index (κ3) is 4.72. The molecule has 1 amide bonds. The first-order valence-electron chi connectivity index (χ1n) is 10.3. The number of thiazole rings is 1. The lowest BCUT2D eigenvalue weighted by atomic mass is 10.1. The number of thioether (sulfide) groups is 1. The summed E-state index contributed by atoms with van der Waals surface area (Å²) in [4.78, 5) is 21.6. The van der Waals surface area contributed by atoms with Crippen LogP contribution in [0.3, 0.4) is 0 Å². The zero-order valence-corrected chi connectivity index (χ0v) is 19.5. The molecule has 1 aliphatic heterocycles. The molecule has 3 heterocycles. The lowest BCUT2D eigenvalue weighted by molar-refractivity contribution is 0.0746. The lowest BCUT2D eigenvalue weighted by Gasteiger charge is -2.35. The van der Waals surface area contributed by atoms with E-state index in [1.165, 1.54) is 10.3 Å². The van der Waals surface area contributed by atoms with Gasteiger partial charge in [-0.1, -0.05) is 47.6 Å². The number of hydrogen-bond acceptors (Lipinski definition) is 7. The predicted octanol–water partition coefficient (Wildman–Crippen LogP) is 4.99. The van der Waals surface area contributed by atoms with Gasteiger partial charge in [0.2, 0.25) is 0 Å². The van der Waals surface area contributed by atoms with E-state index in [0.29, 0.717) is 18.2 Å². The van der Waals surface area contributed by atoms with Crippen LogP contribution in [0.25, 0.3) is 10.2 Å². The minimum absolute atomic E-state index is 0.0669. The smallest absolute Gasteiger partial charge is 0.253 e. The molecule has 2 aromatic heterocycles. The maximum atomic E-state index is 12.9. The first-order valence-corrected chi connectivity index (χ1v) is 12.4. The Morgan fingerprint density at radius 2 is 1.75 bits per heavy atom. The molecule has 162 valence electrons. The molecule has 0 aliphatic carbocycles. The standard InChI is InChI=1S/C23H20ClN5OS2/c24-20-9-10-21(27-26-20)28-11-13-29(14-12-28)22(30)17-7-5-16(6-8-17)15-31-23-25-18-3-1-2-4-19(18)32-23/h1-10H,11-15H2. The molecular formula is C23H20ClN5OS2. The van der Waals surface area contributed by atoms with Crippen molar-refractivity contribution in [2.45, 2.75) is 10.1 Å². The van der Waals surface area contributed by atoms with Gasteiger partial charge in [-0.25, -0.2) is 4.98 Å². The van der Waals surface area contributed by atoms with E-state index in [2.05, 4.69) is 26.1 Å². The van der Waals surface area contributed by atoms with E-state index in [1.54, 1.807) is 29.2 Å². The van der Waals surface area contributed by atoms with Crippen LogP contribution in [0.15, 0.2) is 65.0 Å². The van der Waals surface area contributed by atoms with Crippen molar-refractivity contribution in [2.75, 3.05) is 31.1 Å². The van der Waals surface area contributed by atoms with Crippen molar-refractivity contribution < 1.29 is 4.79 Å². The number of fused-ring (bicyclic) bond motifs is 1. The Morgan fingerprint density at radius 3 is 2.47 bits per heavy atom. The van der Waals surface area contributed by atoms with Gasteiger partial charge in [-0.05, 0) is 42.0 Å². The van der Waals surface area contributed by atoms with Gasteiger partial charge in [0, 0.05) is 37.5 Å². The van der Waals surface area contributed by atoms with E-state index in [9.17, 15) is 4.79 Å². The summed E-state index contributed by atoms with van der Waals surface area (Å²) in [6, 6.07) is 19.7. The quantitative estimate of drug-likeness (QED) is 0.374. The fourth-order valence-electron chi connectivity index (χ4n) is 3.60. The topological polar surface area (TPSA) is 62.2 Å². The fourth-order valence-corrected chi connectivity index (χ4v) is 5.73. The Labute approximate surface area is 199 Å². The number of carbonyl (C=O) groups is 1. The van der Waals surface area contributed by atoms with E-state index in [0.717, 1.165) is 40.1 Å². The van der Waals surface area contributed by atoms with Crippen LogP contribution in [-0.4, -0.2) is 52.2 Å². The second-order valence-electron chi connectivity index (χ2n) is 7.43. The average Bonchev–Trinajstić information content (AvgIpc) is 3.26. The molecule has 2 aromatic carbocycles. The summed E-state index contributed by atoms with van der Waals surface area (Å²) in [5.41, 5.74) is 2.94. The first-order chi connectivity index (χ1) is 15.7. The van der Waals surface area contributed by atoms with Gasteiger partial charge in [0.15, 0.2) is 15.3 Å². The second-order valence-corrected chi connectivity index (χ2v) is 10.1. The third-order valence-electron chi connectivity index (χ3n) is 5.35. The van der Waals surface area contributed by atoms with Gasteiger partial charge in [0.25, 0.3) is 5.91 Å². The van der Waals surface area contributed by atoms with E-state index >= 15 is 0 Å². The molecule has 0 radical (unpaired) electrons. The number of piperazine rings is 1. The van der Waals surface area contributed by atoms with Crippen LogP contribution < -0.4 is 4.90 Å². The van der Waals surface area contributed by atoms with Crippen LogP contribution in [0.1, 0.15) is 15.9 Å². The molecule has 4 aromatic rings. The van der Waals surface area contributed by atoms with E-state index in [1.807, 2.05) is 53.4 Å². The van der Waals surface area contributed by atoms with E-state index in [4.69, 9.17) is 11.6 Å². The highest BCUT2D eigenvalue weighted by Crippen LogP contribution is 2.31.